The molecule has 2 atom stereocenters. The van der Waals surface area contributed by atoms with Gasteiger partial charge in [-0.05, 0) is 20.3 Å². The van der Waals surface area contributed by atoms with Gasteiger partial charge in [-0.1, -0.05) is 0 Å². The average Bonchev–Trinajstić information content (AvgIpc) is 2.51. The Morgan fingerprint density at radius 2 is 2.53 bits per heavy atom. The van der Waals surface area contributed by atoms with E-state index in [2.05, 4.69) is 15.3 Å². The number of ether oxygens (including phenoxy) is 1. The maximum atomic E-state index is 11.4. The van der Waals surface area contributed by atoms with E-state index in [4.69, 9.17) is 4.74 Å². The van der Waals surface area contributed by atoms with E-state index in [0.717, 1.165) is 13.0 Å². The predicted octanol–water partition coefficient (Wildman–Crippen LogP) is 0.749. The maximum Gasteiger partial charge on any atom is 0.290 e. The Morgan fingerprint density at radius 3 is 3.13 bits per heavy atom. The first-order valence-corrected chi connectivity index (χ1v) is 5.05. The summed E-state index contributed by atoms with van der Waals surface area (Å²) in [6, 6.07) is 0. The number of hydrogen-bond donors (Lipinski definition) is 2. The molecule has 2 unspecified atom stereocenters. The first-order chi connectivity index (χ1) is 7.12. The van der Waals surface area contributed by atoms with Crippen LogP contribution >= 0.6 is 0 Å². The zero-order valence-electron chi connectivity index (χ0n) is 8.91. The van der Waals surface area contributed by atoms with Crippen molar-refractivity contribution in [1.29, 1.82) is 0 Å². The molecule has 1 aromatic rings. The molecule has 1 aromatic heterocycles. The van der Waals surface area contributed by atoms with Crippen molar-refractivity contribution in [3.8, 4) is 0 Å². The second kappa shape index (κ2) is 3.66. The Hall–Kier alpha value is -1.36. The number of hydrogen-bond acceptors (Lipinski definition) is 4. The topological polar surface area (TPSA) is 67.0 Å². The first-order valence-electron chi connectivity index (χ1n) is 5.05. The molecule has 1 fully saturated rings. The van der Waals surface area contributed by atoms with Crippen molar-refractivity contribution in [2.24, 2.45) is 0 Å². The van der Waals surface area contributed by atoms with E-state index in [9.17, 15) is 4.79 Å². The molecule has 0 bridgehead atoms. The van der Waals surface area contributed by atoms with E-state index in [1.54, 1.807) is 6.20 Å². The third-order valence-electron chi connectivity index (χ3n) is 3.00. The minimum Gasteiger partial charge on any atom is -0.376 e. The lowest BCUT2D eigenvalue weighted by Crippen LogP contribution is -2.43. The molecule has 0 saturated carbocycles. The SMILES string of the molecule is CC1OCCC1(C)Nc1ncc[nH]c1=O. The van der Waals surface area contributed by atoms with E-state index in [1.807, 2.05) is 13.8 Å². The van der Waals surface area contributed by atoms with Crippen molar-refractivity contribution in [3.63, 3.8) is 0 Å². The second-order valence-corrected chi connectivity index (χ2v) is 4.07. The molecule has 1 saturated heterocycles. The summed E-state index contributed by atoms with van der Waals surface area (Å²) in [4.78, 5) is 18.0. The summed E-state index contributed by atoms with van der Waals surface area (Å²) in [6.07, 6.45) is 4.04. The summed E-state index contributed by atoms with van der Waals surface area (Å²) in [5, 5.41) is 3.16. The van der Waals surface area contributed by atoms with Gasteiger partial charge in [0.25, 0.3) is 5.56 Å². The molecule has 82 valence electrons. The molecule has 0 amide bonds. The third-order valence-corrected chi connectivity index (χ3v) is 3.00. The second-order valence-electron chi connectivity index (χ2n) is 4.07. The molecule has 15 heavy (non-hydrogen) atoms. The molecule has 0 radical (unpaired) electrons. The van der Waals surface area contributed by atoms with Crippen molar-refractivity contribution in [3.05, 3.63) is 22.7 Å². The van der Waals surface area contributed by atoms with E-state index in [-0.39, 0.29) is 17.2 Å². The van der Waals surface area contributed by atoms with Crippen molar-refractivity contribution >= 4 is 5.82 Å². The fourth-order valence-electron chi connectivity index (χ4n) is 1.71. The highest BCUT2D eigenvalue weighted by Crippen LogP contribution is 2.27. The van der Waals surface area contributed by atoms with Crippen LogP contribution in [0.1, 0.15) is 20.3 Å². The van der Waals surface area contributed by atoms with Gasteiger partial charge in [-0.2, -0.15) is 0 Å². The maximum absolute atomic E-state index is 11.4. The van der Waals surface area contributed by atoms with E-state index in [1.165, 1.54) is 6.20 Å². The van der Waals surface area contributed by atoms with Crippen molar-refractivity contribution in [2.75, 3.05) is 11.9 Å². The molecular weight excluding hydrogens is 194 g/mol. The highest BCUT2D eigenvalue weighted by Gasteiger charge is 2.37. The largest absolute Gasteiger partial charge is 0.376 e. The number of aromatic nitrogens is 2. The van der Waals surface area contributed by atoms with Crippen LogP contribution in [0.15, 0.2) is 17.2 Å². The molecule has 0 aliphatic carbocycles. The fraction of sp³-hybridized carbons (Fsp3) is 0.600. The molecule has 5 nitrogen and oxygen atoms in total. The van der Waals surface area contributed by atoms with E-state index >= 15 is 0 Å². The van der Waals surface area contributed by atoms with Crippen molar-refractivity contribution < 1.29 is 4.74 Å². The molecule has 2 rings (SSSR count). The van der Waals surface area contributed by atoms with Crippen LogP contribution in [-0.2, 0) is 4.74 Å². The molecule has 0 spiro atoms. The van der Waals surface area contributed by atoms with Crippen LogP contribution < -0.4 is 10.9 Å². The van der Waals surface area contributed by atoms with Gasteiger partial charge < -0.3 is 15.0 Å². The third kappa shape index (κ3) is 1.87. The zero-order chi connectivity index (χ0) is 10.9. The minimum absolute atomic E-state index is 0.0823. The quantitative estimate of drug-likeness (QED) is 0.754. The van der Waals surface area contributed by atoms with Gasteiger partial charge >= 0.3 is 0 Å². The number of rotatable bonds is 2. The van der Waals surface area contributed by atoms with Crippen molar-refractivity contribution in [2.45, 2.75) is 31.9 Å². The predicted molar refractivity (Wildman–Crippen MR) is 56.9 cm³/mol. The standard InChI is InChI=1S/C10H15N3O2/c1-7-10(2,3-6-15-7)13-8-9(14)12-5-4-11-8/h4-5,7H,3,6H2,1-2H3,(H,11,13)(H,12,14). The Bertz CT molecular complexity index is 404. The van der Waals surface area contributed by atoms with E-state index in [0.29, 0.717) is 5.82 Å². The molecule has 2 N–H and O–H groups in total. The number of aromatic amines is 1. The van der Waals surface area contributed by atoms with Crippen LogP contribution in [0.5, 0.6) is 0 Å². The molecule has 5 heteroatoms. The summed E-state index contributed by atoms with van der Waals surface area (Å²) < 4.78 is 5.48. The monoisotopic (exact) mass is 209 g/mol. The highest BCUT2D eigenvalue weighted by atomic mass is 16.5. The molecule has 1 aliphatic rings. The molecule has 2 heterocycles. The lowest BCUT2D eigenvalue weighted by Gasteiger charge is -2.28. The summed E-state index contributed by atoms with van der Waals surface area (Å²) in [7, 11) is 0. The number of nitrogens with one attached hydrogen (secondary N) is 2. The van der Waals surface area contributed by atoms with Gasteiger partial charge in [-0.15, -0.1) is 0 Å². The van der Waals surface area contributed by atoms with Crippen molar-refractivity contribution in [1.82, 2.24) is 9.97 Å². The van der Waals surface area contributed by atoms with Gasteiger partial charge in [0, 0.05) is 19.0 Å². The number of H-pyrrole nitrogens is 1. The highest BCUT2D eigenvalue weighted by molar-refractivity contribution is 5.35. The lowest BCUT2D eigenvalue weighted by atomic mass is 9.95. The summed E-state index contributed by atoms with van der Waals surface area (Å²) in [5.74, 6) is 0.359. The smallest absolute Gasteiger partial charge is 0.290 e. The summed E-state index contributed by atoms with van der Waals surface area (Å²) in [6.45, 7) is 4.76. The Kier molecular flexibility index (Phi) is 2.48. The van der Waals surface area contributed by atoms with Gasteiger partial charge in [0.05, 0.1) is 11.6 Å². The number of anilines is 1. The van der Waals surface area contributed by atoms with Crippen LogP contribution in [0.3, 0.4) is 0 Å². The van der Waals surface area contributed by atoms with Crippen LogP contribution in [-0.4, -0.2) is 28.2 Å². The lowest BCUT2D eigenvalue weighted by molar-refractivity contribution is 0.105. The Balaban J connectivity index is 2.22. The van der Waals surface area contributed by atoms with Gasteiger partial charge in [0.15, 0.2) is 5.82 Å². The van der Waals surface area contributed by atoms with Gasteiger partial charge in [-0.3, -0.25) is 4.79 Å². The minimum atomic E-state index is -0.207. The van der Waals surface area contributed by atoms with Crippen LogP contribution in [0, 0.1) is 0 Å². The van der Waals surface area contributed by atoms with E-state index < -0.39 is 0 Å². The average molecular weight is 209 g/mol. The summed E-state index contributed by atoms with van der Waals surface area (Å²) >= 11 is 0. The normalized spacial score (nSPS) is 30.4. The van der Waals surface area contributed by atoms with Crippen LogP contribution in [0.2, 0.25) is 0 Å². The fourth-order valence-corrected chi connectivity index (χ4v) is 1.71. The Morgan fingerprint density at radius 1 is 1.73 bits per heavy atom. The van der Waals surface area contributed by atoms with Crippen LogP contribution in [0.4, 0.5) is 5.82 Å². The zero-order valence-corrected chi connectivity index (χ0v) is 8.91. The van der Waals surface area contributed by atoms with Crippen LogP contribution in [0.25, 0.3) is 0 Å². The van der Waals surface area contributed by atoms with Gasteiger partial charge in [0.1, 0.15) is 0 Å². The Labute approximate surface area is 87.9 Å². The summed E-state index contributed by atoms with van der Waals surface area (Å²) in [5.41, 5.74) is -0.403. The molecule has 0 aromatic carbocycles. The molecule has 1 aliphatic heterocycles. The first kappa shape index (κ1) is 10.2. The van der Waals surface area contributed by atoms with Gasteiger partial charge in [0.2, 0.25) is 0 Å². The number of nitrogens with zero attached hydrogens (tertiary/aromatic N) is 1. The van der Waals surface area contributed by atoms with Gasteiger partial charge in [-0.25, -0.2) is 4.98 Å². The molecular formula is C10H15N3O2.